The number of amides is 1. The normalized spacial score (nSPS) is 10.5. The van der Waals surface area contributed by atoms with Crippen LogP contribution in [0.1, 0.15) is 12.6 Å². The van der Waals surface area contributed by atoms with E-state index in [0.717, 1.165) is 5.69 Å². The number of rotatable bonds is 5. The fraction of sp³-hybridized carbons (Fsp3) is 0.111. The van der Waals surface area contributed by atoms with Gasteiger partial charge in [-0.25, -0.2) is 9.37 Å². The molecule has 7 heteroatoms. The van der Waals surface area contributed by atoms with Gasteiger partial charge < -0.3 is 4.74 Å². The average molecular weight is 421 g/mol. The van der Waals surface area contributed by atoms with Gasteiger partial charge in [-0.05, 0) is 46.3 Å². The zero-order valence-corrected chi connectivity index (χ0v) is 15.7. The van der Waals surface area contributed by atoms with Crippen molar-refractivity contribution in [3.8, 4) is 5.75 Å². The lowest BCUT2D eigenvalue weighted by Gasteiger charge is -2.17. The van der Waals surface area contributed by atoms with Gasteiger partial charge in [0.15, 0.2) is 5.13 Å². The Morgan fingerprint density at radius 1 is 1.28 bits per heavy atom. The van der Waals surface area contributed by atoms with Gasteiger partial charge in [0.1, 0.15) is 18.2 Å². The Hall–Kier alpha value is -2.25. The summed E-state index contributed by atoms with van der Waals surface area (Å²) in [7, 11) is 0. The molecule has 0 aliphatic heterocycles. The number of benzene rings is 2. The van der Waals surface area contributed by atoms with Crippen molar-refractivity contribution in [2.24, 2.45) is 0 Å². The summed E-state index contributed by atoms with van der Waals surface area (Å²) in [5.74, 6) is 0.0758. The number of hydrogen-bond donors (Lipinski definition) is 0. The molecule has 1 amide bonds. The molecule has 0 atom stereocenters. The molecule has 0 aliphatic carbocycles. The van der Waals surface area contributed by atoms with Crippen LogP contribution in [0.2, 0.25) is 0 Å². The fourth-order valence-electron chi connectivity index (χ4n) is 2.21. The molecule has 0 bridgehead atoms. The van der Waals surface area contributed by atoms with Gasteiger partial charge in [-0.1, -0.05) is 18.2 Å². The monoisotopic (exact) mass is 420 g/mol. The highest BCUT2D eigenvalue weighted by Crippen LogP contribution is 2.30. The molecular formula is C18H14BrFN2O2S. The van der Waals surface area contributed by atoms with Crippen LogP contribution in [-0.2, 0) is 11.4 Å². The standard InChI is InChI=1S/C18H14BrFN2O2S/c1-12(23)22(15-5-3-2-4-6-15)18-21-14(11-25-18)10-24-17-8-7-13(20)9-16(17)19/h2-9,11H,10H2,1H3. The maximum atomic E-state index is 13.1. The summed E-state index contributed by atoms with van der Waals surface area (Å²) in [4.78, 5) is 18.1. The number of hydrogen-bond acceptors (Lipinski definition) is 4. The first-order chi connectivity index (χ1) is 12.0. The van der Waals surface area contributed by atoms with E-state index in [0.29, 0.717) is 21.0 Å². The molecular weight excluding hydrogens is 407 g/mol. The number of ether oxygens (including phenoxy) is 1. The largest absolute Gasteiger partial charge is 0.486 e. The SMILES string of the molecule is CC(=O)N(c1ccccc1)c1nc(COc2ccc(F)cc2Br)cs1. The predicted octanol–water partition coefficient (Wildman–Crippen LogP) is 5.31. The lowest BCUT2D eigenvalue weighted by Crippen LogP contribution is -2.22. The summed E-state index contributed by atoms with van der Waals surface area (Å²) in [6.07, 6.45) is 0. The van der Waals surface area contributed by atoms with Crippen molar-refractivity contribution in [3.05, 3.63) is 69.9 Å². The molecule has 1 heterocycles. The molecule has 25 heavy (non-hydrogen) atoms. The van der Waals surface area contributed by atoms with E-state index in [1.807, 2.05) is 35.7 Å². The lowest BCUT2D eigenvalue weighted by atomic mass is 10.3. The van der Waals surface area contributed by atoms with Crippen LogP contribution in [0.15, 0.2) is 58.4 Å². The smallest absolute Gasteiger partial charge is 0.230 e. The number of thiazole rings is 1. The number of halogens is 2. The summed E-state index contributed by atoms with van der Waals surface area (Å²) in [6.45, 7) is 1.72. The Bertz CT molecular complexity index is 886. The fourth-order valence-corrected chi connectivity index (χ4v) is 3.55. The topological polar surface area (TPSA) is 42.4 Å². The zero-order chi connectivity index (χ0) is 17.8. The lowest BCUT2D eigenvalue weighted by molar-refractivity contribution is -0.115. The van der Waals surface area contributed by atoms with Crippen LogP contribution in [0.4, 0.5) is 15.2 Å². The summed E-state index contributed by atoms with van der Waals surface area (Å²) in [5, 5.41) is 2.42. The van der Waals surface area contributed by atoms with Gasteiger partial charge in [-0.3, -0.25) is 9.69 Å². The van der Waals surface area contributed by atoms with Crippen molar-refractivity contribution in [3.63, 3.8) is 0 Å². The van der Waals surface area contributed by atoms with Crippen molar-refractivity contribution in [1.82, 2.24) is 4.98 Å². The van der Waals surface area contributed by atoms with E-state index >= 15 is 0 Å². The van der Waals surface area contributed by atoms with Gasteiger partial charge in [0.25, 0.3) is 0 Å². The molecule has 0 fully saturated rings. The molecule has 0 aliphatic rings. The van der Waals surface area contributed by atoms with Crippen LogP contribution >= 0.6 is 27.3 Å². The van der Waals surface area contributed by atoms with E-state index in [-0.39, 0.29) is 18.3 Å². The number of anilines is 2. The van der Waals surface area contributed by atoms with Crippen LogP contribution in [0.25, 0.3) is 0 Å². The molecule has 2 aromatic carbocycles. The Morgan fingerprint density at radius 3 is 2.72 bits per heavy atom. The molecule has 0 spiro atoms. The highest BCUT2D eigenvalue weighted by atomic mass is 79.9. The molecule has 128 valence electrons. The summed E-state index contributed by atoms with van der Waals surface area (Å²) >= 11 is 4.63. The molecule has 0 unspecified atom stereocenters. The van der Waals surface area contributed by atoms with E-state index in [1.54, 1.807) is 11.0 Å². The van der Waals surface area contributed by atoms with Crippen LogP contribution in [0.5, 0.6) is 5.75 Å². The molecule has 0 saturated carbocycles. The van der Waals surface area contributed by atoms with E-state index in [9.17, 15) is 9.18 Å². The number of nitrogens with zero attached hydrogens (tertiary/aromatic N) is 2. The minimum absolute atomic E-state index is 0.116. The quantitative estimate of drug-likeness (QED) is 0.561. The highest BCUT2D eigenvalue weighted by molar-refractivity contribution is 9.10. The number of carbonyl (C=O) groups is 1. The van der Waals surface area contributed by atoms with Crippen LogP contribution in [0.3, 0.4) is 0 Å². The van der Waals surface area contributed by atoms with Gasteiger partial charge in [0.05, 0.1) is 15.9 Å². The summed E-state index contributed by atoms with van der Waals surface area (Å²) in [5.41, 5.74) is 1.46. The average Bonchev–Trinajstić information content (AvgIpc) is 3.03. The van der Waals surface area contributed by atoms with E-state index in [1.165, 1.54) is 30.4 Å². The zero-order valence-electron chi connectivity index (χ0n) is 13.3. The van der Waals surface area contributed by atoms with Crippen molar-refractivity contribution < 1.29 is 13.9 Å². The molecule has 4 nitrogen and oxygen atoms in total. The second-order valence-electron chi connectivity index (χ2n) is 5.17. The molecule has 3 rings (SSSR count). The second-order valence-corrected chi connectivity index (χ2v) is 6.87. The van der Waals surface area contributed by atoms with Crippen molar-refractivity contribution in [1.29, 1.82) is 0 Å². The van der Waals surface area contributed by atoms with Gasteiger partial charge >= 0.3 is 0 Å². The molecule has 0 saturated heterocycles. The Balaban J connectivity index is 1.76. The minimum atomic E-state index is -0.338. The first-order valence-corrected chi connectivity index (χ1v) is 9.10. The molecule has 3 aromatic rings. The van der Waals surface area contributed by atoms with E-state index < -0.39 is 0 Å². The van der Waals surface area contributed by atoms with Crippen LogP contribution in [-0.4, -0.2) is 10.9 Å². The summed E-state index contributed by atoms with van der Waals surface area (Å²) < 4.78 is 19.3. The Morgan fingerprint density at radius 2 is 2.04 bits per heavy atom. The van der Waals surface area contributed by atoms with Crippen molar-refractivity contribution in [2.75, 3.05) is 4.90 Å². The maximum Gasteiger partial charge on any atom is 0.230 e. The first kappa shape index (κ1) is 17.6. The molecule has 0 radical (unpaired) electrons. The van der Waals surface area contributed by atoms with Crippen LogP contribution in [0, 0.1) is 5.82 Å². The highest BCUT2D eigenvalue weighted by Gasteiger charge is 2.17. The van der Waals surface area contributed by atoms with Crippen molar-refractivity contribution >= 4 is 44.0 Å². The first-order valence-electron chi connectivity index (χ1n) is 7.42. The number of para-hydroxylation sites is 1. The molecule has 1 aromatic heterocycles. The minimum Gasteiger partial charge on any atom is -0.486 e. The van der Waals surface area contributed by atoms with Gasteiger partial charge in [0.2, 0.25) is 5.91 Å². The Kier molecular flexibility index (Phi) is 5.45. The molecule has 0 N–H and O–H groups in total. The van der Waals surface area contributed by atoms with Crippen LogP contribution < -0.4 is 9.64 Å². The number of carbonyl (C=O) groups excluding carboxylic acids is 1. The Labute approximate surface area is 157 Å². The summed E-state index contributed by atoms with van der Waals surface area (Å²) in [6, 6.07) is 13.6. The van der Waals surface area contributed by atoms with Gasteiger partial charge in [0, 0.05) is 12.3 Å². The number of aromatic nitrogens is 1. The van der Waals surface area contributed by atoms with E-state index in [2.05, 4.69) is 20.9 Å². The second kappa shape index (κ2) is 7.76. The predicted molar refractivity (Wildman–Crippen MR) is 99.8 cm³/mol. The third-order valence-electron chi connectivity index (χ3n) is 3.33. The van der Waals surface area contributed by atoms with E-state index in [4.69, 9.17) is 4.74 Å². The van der Waals surface area contributed by atoms with Gasteiger partial charge in [-0.2, -0.15) is 0 Å². The van der Waals surface area contributed by atoms with Gasteiger partial charge in [-0.15, -0.1) is 11.3 Å². The third kappa shape index (κ3) is 4.24. The maximum absolute atomic E-state index is 13.1. The third-order valence-corrected chi connectivity index (χ3v) is 4.82. The van der Waals surface area contributed by atoms with Crippen molar-refractivity contribution in [2.45, 2.75) is 13.5 Å².